The Bertz CT molecular complexity index is 237. The summed E-state index contributed by atoms with van der Waals surface area (Å²) in [5.41, 5.74) is 7.83. The predicted octanol–water partition coefficient (Wildman–Crippen LogP) is 0.694. The molecule has 1 aromatic carbocycles. The van der Waals surface area contributed by atoms with Gasteiger partial charge in [0.15, 0.2) is 0 Å². The molecule has 2 heteroatoms. The van der Waals surface area contributed by atoms with Crippen LogP contribution in [0, 0.1) is 0 Å². The van der Waals surface area contributed by atoms with Gasteiger partial charge in [-0.2, -0.15) is 0 Å². The van der Waals surface area contributed by atoms with Crippen LogP contribution in [-0.4, -0.2) is 13.1 Å². The zero-order valence-corrected chi connectivity index (χ0v) is 8.51. The van der Waals surface area contributed by atoms with E-state index in [-0.39, 0.29) is 0 Å². The van der Waals surface area contributed by atoms with Gasteiger partial charge in [-0.05, 0) is 26.0 Å². The first kappa shape index (κ1) is 10.1. The lowest BCUT2D eigenvalue weighted by Crippen LogP contribution is -3.10. The first-order valence-corrected chi connectivity index (χ1v) is 4.94. The summed E-state index contributed by atoms with van der Waals surface area (Å²) in [4.78, 5) is 1.60. The van der Waals surface area contributed by atoms with E-state index in [4.69, 9.17) is 5.73 Å². The van der Waals surface area contributed by atoms with Gasteiger partial charge in [0.25, 0.3) is 0 Å². The molecule has 72 valence electrons. The quantitative estimate of drug-likeness (QED) is 0.655. The molecule has 0 aliphatic carbocycles. The van der Waals surface area contributed by atoms with E-state index in [0.29, 0.717) is 0 Å². The molecule has 0 fully saturated rings. The normalized spacial score (nSPS) is 10.7. The summed E-state index contributed by atoms with van der Waals surface area (Å²) in [6.07, 6.45) is 0. The maximum atomic E-state index is 5.62. The minimum absolute atomic E-state index is 0.846. The maximum Gasteiger partial charge on any atom is 0.103 e. The first-order chi connectivity index (χ1) is 6.26. The van der Waals surface area contributed by atoms with Gasteiger partial charge in [0, 0.05) is 11.3 Å². The fourth-order valence-electron chi connectivity index (χ4n) is 1.42. The lowest BCUT2D eigenvalue weighted by atomic mass is 10.2. The molecule has 0 radical (unpaired) electrons. The number of hydrogen-bond donors (Lipinski definition) is 2. The second-order valence-electron chi connectivity index (χ2n) is 3.38. The molecule has 0 saturated heterocycles. The second kappa shape index (κ2) is 4.87. The molecule has 2 nitrogen and oxygen atoms in total. The van der Waals surface area contributed by atoms with E-state index in [2.05, 4.69) is 26.0 Å². The summed E-state index contributed by atoms with van der Waals surface area (Å²) in [6.45, 7) is 7.90. The summed E-state index contributed by atoms with van der Waals surface area (Å²) in [5, 5.41) is 0. The van der Waals surface area contributed by atoms with Crippen molar-refractivity contribution in [2.24, 2.45) is 0 Å². The highest BCUT2D eigenvalue weighted by Gasteiger charge is 2.02. The maximum absolute atomic E-state index is 5.62. The molecular formula is C11H19N2+. The number of hydrogen-bond acceptors (Lipinski definition) is 1. The largest absolute Gasteiger partial charge is 0.399 e. The first-order valence-electron chi connectivity index (χ1n) is 4.94. The van der Waals surface area contributed by atoms with Gasteiger partial charge in [-0.15, -0.1) is 0 Å². The van der Waals surface area contributed by atoms with E-state index in [1.165, 1.54) is 18.7 Å². The van der Waals surface area contributed by atoms with Crippen LogP contribution in [0.15, 0.2) is 24.3 Å². The molecule has 0 aromatic heterocycles. The van der Waals surface area contributed by atoms with Crippen LogP contribution in [-0.2, 0) is 6.54 Å². The van der Waals surface area contributed by atoms with Gasteiger partial charge in [-0.3, -0.25) is 0 Å². The van der Waals surface area contributed by atoms with Crippen LogP contribution < -0.4 is 10.6 Å². The van der Waals surface area contributed by atoms with Gasteiger partial charge >= 0.3 is 0 Å². The van der Waals surface area contributed by atoms with E-state index in [1.807, 2.05) is 12.1 Å². The molecule has 1 rings (SSSR count). The SMILES string of the molecule is CC[NH+](CC)Cc1ccc(N)cc1. The van der Waals surface area contributed by atoms with Crippen molar-refractivity contribution >= 4 is 5.69 Å². The lowest BCUT2D eigenvalue weighted by molar-refractivity contribution is -0.910. The Kier molecular flexibility index (Phi) is 3.77. The molecular weight excluding hydrogens is 160 g/mol. The van der Waals surface area contributed by atoms with E-state index >= 15 is 0 Å². The molecule has 13 heavy (non-hydrogen) atoms. The smallest absolute Gasteiger partial charge is 0.103 e. The third-order valence-electron chi connectivity index (χ3n) is 2.43. The van der Waals surface area contributed by atoms with E-state index < -0.39 is 0 Å². The molecule has 0 spiro atoms. The third-order valence-corrected chi connectivity index (χ3v) is 2.43. The number of nitrogens with one attached hydrogen (secondary N) is 1. The summed E-state index contributed by atoms with van der Waals surface area (Å²) in [5.74, 6) is 0. The van der Waals surface area contributed by atoms with Gasteiger partial charge in [0.2, 0.25) is 0 Å². The van der Waals surface area contributed by atoms with Crippen molar-refractivity contribution in [3.05, 3.63) is 29.8 Å². The minimum atomic E-state index is 0.846. The Labute approximate surface area is 80.4 Å². The zero-order chi connectivity index (χ0) is 9.68. The van der Waals surface area contributed by atoms with Crippen LogP contribution in [0.25, 0.3) is 0 Å². The van der Waals surface area contributed by atoms with E-state index in [0.717, 1.165) is 12.2 Å². The molecule has 0 aliphatic rings. The molecule has 0 amide bonds. The van der Waals surface area contributed by atoms with Crippen molar-refractivity contribution in [3.8, 4) is 0 Å². The summed E-state index contributed by atoms with van der Waals surface area (Å²) in [6, 6.07) is 8.16. The van der Waals surface area contributed by atoms with Crippen molar-refractivity contribution in [2.75, 3.05) is 18.8 Å². The van der Waals surface area contributed by atoms with Gasteiger partial charge in [0.1, 0.15) is 6.54 Å². The number of benzene rings is 1. The van der Waals surface area contributed by atoms with Gasteiger partial charge in [-0.1, -0.05) is 12.1 Å². The van der Waals surface area contributed by atoms with Crippen molar-refractivity contribution < 1.29 is 4.90 Å². The lowest BCUT2D eigenvalue weighted by Gasteiger charge is -2.15. The van der Waals surface area contributed by atoms with Crippen LogP contribution in [0.4, 0.5) is 5.69 Å². The highest BCUT2D eigenvalue weighted by molar-refractivity contribution is 5.38. The topological polar surface area (TPSA) is 30.5 Å². The molecule has 0 aliphatic heterocycles. The Morgan fingerprint density at radius 2 is 1.62 bits per heavy atom. The van der Waals surface area contributed by atoms with Crippen molar-refractivity contribution in [1.29, 1.82) is 0 Å². The van der Waals surface area contributed by atoms with Gasteiger partial charge in [0.05, 0.1) is 13.1 Å². The molecule has 1 aromatic rings. The minimum Gasteiger partial charge on any atom is -0.399 e. The average molecular weight is 179 g/mol. The Morgan fingerprint density at radius 3 is 2.08 bits per heavy atom. The van der Waals surface area contributed by atoms with Crippen molar-refractivity contribution in [2.45, 2.75) is 20.4 Å². The Hall–Kier alpha value is -1.02. The summed E-state index contributed by atoms with van der Waals surface area (Å²) in [7, 11) is 0. The van der Waals surface area contributed by atoms with E-state index in [1.54, 1.807) is 4.90 Å². The Balaban J connectivity index is 2.58. The predicted molar refractivity (Wildman–Crippen MR) is 56.6 cm³/mol. The highest BCUT2D eigenvalue weighted by atomic mass is 15.1. The molecule has 0 atom stereocenters. The van der Waals surface area contributed by atoms with Crippen LogP contribution >= 0.6 is 0 Å². The molecule has 0 bridgehead atoms. The molecule has 3 N–H and O–H groups in total. The fourth-order valence-corrected chi connectivity index (χ4v) is 1.42. The number of nitrogen functional groups attached to an aromatic ring is 1. The number of quaternary nitrogens is 1. The summed E-state index contributed by atoms with van der Waals surface area (Å²) < 4.78 is 0. The van der Waals surface area contributed by atoms with Gasteiger partial charge < -0.3 is 10.6 Å². The zero-order valence-electron chi connectivity index (χ0n) is 8.51. The molecule has 0 saturated carbocycles. The average Bonchev–Trinajstić information content (AvgIpc) is 2.17. The van der Waals surface area contributed by atoms with Crippen LogP contribution in [0.3, 0.4) is 0 Å². The van der Waals surface area contributed by atoms with Crippen molar-refractivity contribution in [3.63, 3.8) is 0 Å². The van der Waals surface area contributed by atoms with Crippen LogP contribution in [0.2, 0.25) is 0 Å². The standard InChI is InChI=1S/C11H18N2/c1-3-13(4-2)9-10-5-7-11(12)8-6-10/h5-8H,3-4,9,12H2,1-2H3/p+1. The van der Waals surface area contributed by atoms with Crippen LogP contribution in [0.5, 0.6) is 0 Å². The van der Waals surface area contributed by atoms with Crippen LogP contribution in [0.1, 0.15) is 19.4 Å². The summed E-state index contributed by atoms with van der Waals surface area (Å²) >= 11 is 0. The highest BCUT2D eigenvalue weighted by Crippen LogP contribution is 2.03. The Morgan fingerprint density at radius 1 is 1.08 bits per heavy atom. The molecule has 0 heterocycles. The monoisotopic (exact) mass is 179 g/mol. The number of nitrogens with two attached hydrogens (primary N) is 1. The molecule has 0 unspecified atom stereocenters. The van der Waals surface area contributed by atoms with Crippen molar-refractivity contribution in [1.82, 2.24) is 0 Å². The van der Waals surface area contributed by atoms with Gasteiger partial charge in [-0.25, -0.2) is 0 Å². The fraction of sp³-hybridized carbons (Fsp3) is 0.455. The number of anilines is 1. The second-order valence-corrected chi connectivity index (χ2v) is 3.38. The van der Waals surface area contributed by atoms with E-state index in [9.17, 15) is 0 Å². The third kappa shape index (κ3) is 3.07. The number of rotatable bonds is 4.